The van der Waals surface area contributed by atoms with Crippen LogP contribution >= 0.6 is 11.3 Å². The topological polar surface area (TPSA) is 101 Å². The SMILES string of the molecule is Cc1c(-c2cc(N)c(=O)[nH]n2)ccc(F)c1CNC(=O)c1cc2ccccc2s1. The molecule has 0 unspecified atom stereocenters. The van der Waals surface area contributed by atoms with Crippen LogP contribution in [0.25, 0.3) is 21.3 Å². The summed E-state index contributed by atoms with van der Waals surface area (Å²) in [7, 11) is 0. The summed E-state index contributed by atoms with van der Waals surface area (Å²) in [4.78, 5) is 24.6. The van der Waals surface area contributed by atoms with Gasteiger partial charge in [0.1, 0.15) is 11.5 Å². The fraction of sp³-hybridized carbons (Fsp3) is 0.0952. The van der Waals surface area contributed by atoms with Crippen molar-refractivity contribution in [3.8, 4) is 11.3 Å². The van der Waals surface area contributed by atoms with Crippen molar-refractivity contribution in [3.63, 3.8) is 0 Å². The summed E-state index contributed by atoms with van der Waals surface area (Å²) in [6.45, 7) is 1.76. The van der Waals surface area contributed by atoms with E-state index in [1.165, 1.54) is 23.5 Å². The molecular weight excluding hydrogens is 391 g/mol. The van der Waals surface area contributed by atoms with E-state index in [-0.39, 0.29) is 18.1 Å². The van der Waals surface area contributed by atoms with Gasteiger partial charge in [-0.05, 0) is 48.2 Å². The smallest absolute Gasteiger partial charge is 0.287 e. The van der Waals surface area contributed by atoms with Gasteiger partial charge < -0.3 is 11.1 Å². The maximum Gasteiger partial charge on any atom is 0.287 e. The molecule has 2 aromatic heterocycles. The monoisotopic (exact) mass is 408 g/mol. The zero-order chi connectivity index (χ0) is 20.5. The van der Waals surface area contributed by atoms with Gasteiger partial charge in [0.25, 0.3) is 11.5 Å². The van der Waals surface area contributed by atoms with Gasteiger partial charge in [-0.25, -0.2) is 9.49 Å². The first-order valence-corrected chi connectivity index (χ1v) is 9.66. The number of halogens is 1. The Labute approximate surface area is 169 Å². The highest BCUT2D eigenvalue weighted by Crippen LogP contribution is 2.27. The van der Waals surface area contributed by atoms with Crippen molar-refractivity contribution in [3.05, 3.63) is 80.7 Å². The van der Waals surface area contributed by atoms with Crippen LogP contribution in [0.2, 0.25) is 0 Å². The molecule has 0 radical (unpaired) electrons. The molecule has 29 heavy (non-hydrogen) atoms. The molecule has 0 saturated carbocycles. The Morgan fingerprint density at radius 2 is 2.03 bits per heavy atom. The van der Waals surface area contributed by atoms with E-state index in [4.69, 9.17) is 5.73 Å². The van der Waals surface area contributed by atoms with E-state index < -0.39 is 11.4 Å². The van der Waals surface area contributed by atoms with Gasteiger partial charge in [0.15, 0.2) is 0 Å². The fourth-order valence-electron chi connectivity index (χ4n) is 3.13. The van der Waals surface area contributed by atoms with Crippen molar-refractivity contribution in [1.82, 2.24) is 15.5 Å². The van der Waals surface area contributed by atoms with E-state index in [9.17, 15) is 14.0 Å². The van der Waals surface area contributed by atoms with Crippen LogP contribution in [0.15, 0.2) is 53.3 Å². The lowest BCUT2D eigenvalue weighted by Gasteiger charge is -2.13. The minimum atomic E-state index is -0.482. The number of nitrogens with zero attached hydrogens (tertiary/aromatic N) is 1. The Bertz CT molecular complexity index is 1260. The molecule has 8 heteroatoms. The number of amides is 1. The number of aromatic amines is 1. The van der Waals surface area contributed by atoms with Crippen LogP contribution < -0.4 is 16.6 Å². The van der Waals surface area contributed by atoms with E-state index in [1.807, 2.05) is 30.3 Å². The van der Waals surface area contributed by atoms with Gasteiger partial charge in [-0.2, -0.15) is 5.10 Å². The highest BCUT2D eigenvalue weighted by atomic mass is 32.1. The van der Waals surface area contributed by atoms with Crippen LogP contribution in [0, 0.1) is 12.7 Å². The van der Waals surface area contributed by atoms with Gasteiger partial charge in [-0.15, -0.1) is 11.3 Å². The second-order valence-electron chi connectivity index (χ2n) is 6.57. The first-order chi connectivity index (χ1) is 13.9. The first-order valence-electron chi connectivity index (χ1n) is 8.84. The van der Waals surface area contributed by atoms with Crippen molar-refractivity contribution in [2.24, 2.45) is 0 Å². The third kappa shape index (κ3) is 3.62. The molecule has 4 aromatic rings. The fourth-order valence-corrected chi connectivity index (χ4v) is 4.11. The predicted octanol–water partition coefficient (Wildman–Crippen LogP) is 3.61. The van der Waals surface area contributed by atoms with E-state index in [1.54, 1.807) is 13.0 Å². The summed E-state index contributed by atoms with van der Waals surface area (Å²) >= 11 is 1.39. The van der Waals surface area contributed by atoms with Crippen LogP contribution in [-0.4, -0.2) is 16.1 Å². The number of nitrogen functional groups attached to an aromatic ring is 1. The van der Waals surface area contributed by atoms with Crippen molar-refractivity contribution in [2.75, 3.05) is 5.73 Å². The summed E-state index contributed by atoms with van der Waals surface area (Å²) in [5, 5.41) is 10.1. The average Bonchev–Trinajstić information content (AvgIpc) is 3.14. The number of benzene rings is 2. The van der Waals surface area contributed by atoms with Gasteiger partial charge in [0.2, 0.25) is 0 Å². The number of carbonyl (C=O) groups excluding carboxylic acids is 1. The van der Waals surface area contributed by atoms with Gasteiger partial charge >= 0.3 is 0 Å². The molecule has 1 amide bonds. The summed E-state index contributed by atoms with van der Waals surface area (Å²) in [5.41, 5.74) is 7.22. The summed E-state index contributed by atoms with van der Waals surface area (Å²) < 4.78 is 15.5. The Hall–Kier alpha value is -3.52. The van der Waals surface area contributed by atoms with Crippen molar-refractivity contribution < 1.29 is 9.18 Å². The maximum atomic E-state index is 14.5. The van der Waals surface area contributed by atoms with Crippen molar-refractivity contribution in [1.29, 1.82) is 0 Å². The molecule has 2 heterocycles. The largest absolute Gasteiger partial charge is 0.394 e. The highest BCUT2D eigenvalue weighted by molar-refractivity contribution is 7.20. The minimum Gasteiger partial charge on any atom is -0.394 e. The van der Waals surface area contributed by atoms with Crippen LogP contribution in [0.1, 0.15) is 20.8 Å². The summed E-state index contributed by atoms with van der Waals surface area (Å²) in [5.74, 6) is -0.692. The van der Waals surface area contributed by atoms with Gasteiger partial charge in [-0.1, -0.05) is 18.2 Å². The number of rotatable bonds is 4. The van der Waals surface area contributed by atoms with E-state index in [0.29, 0.717) is 27.3 Å². The number of hydrogen-bond acceptors (Lipinski definition) is 5. The van der Waals surface area contributed by atoms with Crippen LogP contribution in [0.3, 0.4) is 0 Å². The zero-order valence-corrected chi connectivity index (χ0v) is 16.3. The molecule has 2 aromatic carbocycles. The lowest BCUT2D eigenvalue weighted by molar-refractivity contribution is 0.0954. The highest BCUT2D eigenvalue weighted by Gasteiger charge is 2.16. The molecular formula is C21H17FN4O2S. The number of hydrogen-bond donors (Lipinski definition) is 3. The van der Waals surface area contributed by atoms with E-state index in [0.717, 1.165) is 10.1 Å². The number of aromatic nitrogens is 2. The van der Waals surface area contributed by atoms with Crippen molar-refractivity contribution in [2.45, 2.75) is 13.5 Å². The normalized spacial score (nSPS) is 11.0. The van der Waals surface area contributed by atoms with Crippen molar-refractivity contribution >= 4 is 33.0 Å². The van der Waals surface area contributed by atoms with Gasteiger partial charge in [0, 0.05) is 22.4 Å². The molecule has 146 valence electrons. The summed E-state index contributed by atoms with van der Waals surface area (Å²) in [6.07, 6.45) is 0. The molecule has 0 spiro atoms. The number of nitrogens with one attached hydrogen (secondary N) is 2. The average molecular weight is 408 g/mol. The molecule has 0 saturated heterocycles. The van der Waals surface area contributed by atoms with Gasteiger partial charge in [0.05, 0.1) is 10.6 Å². The lowest BCUT2D eigenvalue weighted by atomic mass is 9.99. The number of anilines is 1. The second kappa shape index (κ2) is 7.48. The Balaban J connectivity index is 1.60. The van der Waals surface area contributed by atoms with Gasteiger partial charge in [-0.3, -0.25) is 9.59 Å². The number of thiophene rings is 1. The molecule has 0 aliphatic heterocycles. The number of nitrogens with two attached hydrogens (primary N) is 1. The first kappa shape index (κ1) is 18.8. The molecule has 0 atom stereocenters. The molecule has 0 aliphatic rings. The molecule has 6 nitrogen and oxygen atoms in total. The standard InChI is InChI=1S/C21H17FN4O2S/c1-11-13(17-9-16(23)20(27)26-25-17)6-7-15(22)14(11)10-24-21(28)19-8-12-4-2-3-5-18(12)29-19/h2-9H,10H2,1H3,(H2,23,25)(H,24,28)(H,26,27). The van der Waals surface area contributed by atoms with Crippen LogP contribution in [0.5, 0.6) is 0 Å². The van der Waals surface area contributed by atoms with Crippen LogP contribution in [0.4, 0.5) is 10.1 Å². The van der Waals surface area contributed by atoms with E-state index >= 15 is 0 Å². The third-order valence-electron chi connectivity index (χ3n) is 4.72. The molecule has 0 fully saturated rings. The zero-order valence-electron chi connectivity index (χ0n) is 15.5. The summed E-state index contributed by atoms with van der Waals surface area (Å²) in [6, 6.07) is 13.9. The Morgan fingerprint density at radius 1 is 1.24 bits per heavy atom. The lowest BCUT2D eigenvalue weighted by Crippen LogP contribution is -2.23. The Morgan fingerprint density at radius 3 is 2.79 bits per heavy atom. The quantitative estimate of drug-likeness (QED) is 0.480. The predicted molar refractivity (Wildman–Crippen MR) is 112 cm³/mol. The second-order valence-corrected chi connectivity index (χ2v) is 7.65. The minimum absolute atomic E-state index is 0.0252. The number of H-pyrrole nitrogens is 1. The number of carbonyl (C=O) groups is 1. The molecule has 0 bridgehead atoms. The third-order valence-corrected chi connectivity index (χ3v) is 5.84. The molecule has 0 aliphatic carbocycles. The van der Waals surface area contributed by atoms with E-state index in [2.05, 4.69) is 15.5 Å². The molecule has 4 rings (SSSR count). The molecule has 4 N–H and O–H groups in total. The Kier molecular flexibility index (Phi) is 4.85. The number of fused-ring (bicyclic) bond motifs is 1. The maximum absolute atomic E-state index is 14.5. The van der Waals surface area contributed by atoms with Crippen LogP contribution in [-0.2, 0) is 6.54 Å².